The van der Waals surface area contributed by atoms with Crippen LogP contribution in [-0.2, 0) is 16.2 Å². The second-order valence-electron chi connectivity index (χ2n) is 16.7. The maximum absolute atomic E-state index is 7.67. The van der Waals surface area contributed by atoms with Crippen molar-refractivity contribution < 1.29 is 14.2 Å². The van der Waals surface area contributed by atoms with Crippen LogP contribution in [0.1, 0.15) is 77.6 Å². The Kier molecular flexibility index (Phi) is 7.72. The van der Waals surface area contributed by atoms with Crippen LogP contribution in [0, 0.1) is 0 Å². The maximum atomic E-state index is 7.67. The molecule has 0 aromatic heterocycles. The first-order valence-corrected chi connectivity index (χ1v) is 23.8. The van der Waals surface area contributed by atoms with Gasteiger partial charge in [0.25, 0.3) is 0 Å². The molecule has 0 aliphatic carbocycles. The van der Waals surface area contributed by atoms with Crippen LogP contribution in [-0.4, -0.2) is 29.3 Å². The van der Waals surface area contributed by atoms with E-state index in [1.54, 1.807) is 0 Å². The van der Waals surface area contributed by atoms with E-state index in [0.717, 1.165) is 34.5 Å². The van der Waals surface area contributed by atoms with E-state index in [0.29, 0.717) is 0 Å². The van der Waals surface area contributed by atoms with Crippen molar-refractivity contribution in [3.05, 3.63) is 144 Å². The number of benzene rings is 6. The Morgan fingerprint density at radius 1 is 0.404 bits per heavy atom. The molecular formula is C47H44As2O3. The van der Waals surface area contributed by atoms with Gasteiger partial charge in [0.2, 0.25) is 0 Å². The van der Waals surface area contributed by atoms with Crippen LogP contribution in [0.3, 0.4) is 0 Å². The summed E-state index contributed by atoms with van der Waals surface area (Å²) >= 11 is -4.34. The van der Waals surface area contributed by atoms with E-state index >= 15 is 0 Å². The minimum absolute atomic E-state index is 0.0545. The molecule has 0 spiro atoms. The molecule has 0 fully saturated rings. The van der Waals surface area contributed by atoms with Gasteiger partial charge in [0.15, 0.2) is 0 Å². The van der Waals surface area contributed by atoms with Crippen LogP contribution in [0.5, 0.6) is 34.5 Å². The number of fused-ring (bicyclic) bond motifs is 6. The molecule has 6 aromatic rings. The van der Waals surface area contributed by atoms with E-state index < -0.39 is 29.3 Å². The Morgan fingerprint density at radius 3 is 1.02 bits per heavy atom. The zero-order chi connectivity index (χ0) is 36.2. The minimum atomic E-state index is -2.17. The predicted octanol–water partition coefficient (Wildman–Crippen LogP) is 7.96. The SMILES string of the molecule is CC(C)(C)c1cc([As]2c3ccccc3Oc3ccccc32)c2c(c1)C(C)(C)c1cc(C(C)(C)C)cc([As]3c4ccccc4Oc4ccccc43)c1O2. The fraction of sp³-hybridized carbons (Fsp3) is 0.234. The molecule has 0 amide bonds. The van der Waals surface area contributed by atoms with Crippen molar-refractivity contribution in [1.82, 2.24) is 0 Å². The van der Waals surface area contributed by atoms with Gasteiger partial charge in [0.05, 0.1) is 0 Å². The van der Waals surface area contributed by atoms with E-state index in [-0.39, 0.29) is 16.2 Å². The van der Waals surface area contributed by atoms with Crippen molar-refractivity contribution in [3.63, 3.8) is 0 Å². The van der Waals surface area contributed by atoms with Crippen LogP contribution < -0.4 is 40.3 Å². The number of hydrogen-bond donors (Lipinski definition) is 0. The third-order valence-corrected chi connectivity index (χ3v) is 21.3. The third kappa shape index (κ3) is 5.30. The van der Waals surface area contributed by atoms with Crippen molar-refractivity contribution in [3.8, 4) is 34.5 Å². The normalized spacial score (nSPS) is 15.8. The Bertz CT molecular complexity index is 2150. The second kappa shape index (κ2) is 11.9. The van der Waals surface area contributed by atoms with Crippen LogP contribution in [0.25, 0.3) is 0 Å². The van der Waals surface area contributed by atoms with Gasteiger partial charge in [0, 0.05) is 0 Å². The molecule has 0 unspecified atom stereocenters. The van der Waals surface area contributed by atoms with E-state index in [4.69, 9.17) is 14.2 Å². The second-order valence-corrected chi connectivity index (χ2v) is 25.6. The molecule has 0 saturated carbocycles. The summed E-state index contributed by atoms with van der Waals surface area (Å²) in [7, 11) is 0. The molecule has 5 heteroatoms. The van der Waals surface area contributed by atoms with Gasteiger partial charge < -0.3 is 0 Å². The van der Waals surface area contributed by atoms with Gasteiger partial charge in [0.1, 0.15) is 0 Å². The quantitative estimate of drug-likeness (QED) is 0.166. The zero-order valence-corrected chi connectivity index (χ0v) is 34.9. The molecular weight excluding hydrogens is 762 g/mol. The van der Waals surface area contributed by atoms with Gasteiger partial charge in [-0.15, -0.1) is 0 Å². The summed E-state index contributed by atoms with van der Waals surface area (Å²) in [4.78, 5) is 0. The Labute approximate surface area is 317 Å². The molecule has 52 heavy (non-hydrogen) atoms. The molecule has 0 atom stereocenters. The molecule has 0 radical (unpaired) electrons. The monoisotopic (exact) mass is 806 g/mol. The Morgan fingerprint density at radius 2 is 0.712 bits per heavy atom. The van der Waals surface area contributed by atoms with E-state index in [9.17, 15) is 0 Å². The average molecular weight is 807 g/mol. The summed E-state index contributed by atoms with van der Waals surface area (Å²) in [5.74, 6) is 5.92. The summed E-state index contributed by atoms with van der Waals surface area (Å²) in [5.41, 5.74) is 4.78. The summed E-state index contributed by atoms with van der Waals surface area (Å²) < 4.78 is 28.7. The summed E-state index contributed by atoms with van der Waals surface area (Å²) in [6, 6.07) is 44.5. The Balaban J connectivity index is 1.36. The van der Waals surface area contributed by atoms with Gasteiger partial charge in [-0.3, -0.25) is 0 Å². The summed E-state index contributed by atoms with van der Waals surface area (Å²) in [6.07, 6.45) is 0. The van der Waals surface area contributed by atoms with Crippen LogP contribution in [0.2, 0.25) is 0 Å². The van der Waals surface area contributed by atoms with Gasteiger partial charge in [-0.1, -0.05) is 0 Å². The van der Waals surface area contributed by atoms with Crippen LogP contribution in [0.15, 0.2) is 121 Å². The number of rotatable bonds is 2. The summed E-state index contributed by atoms with van der Waals surface area (Å²) in [5, 5.41) is 0. The number of hydrogen-bond acceptors (Lipinski definition) is 3. The first kappa shape index (κ1) is 33.7. The van der Waals surface area contributed by atoms with Gasteiger partial charge in [-0.25, -0.2) is 0 Å². The Hall–Kier alpha value is -4.16. The van der Waals surface area contributed by atoms with Crippen LogP contribution in [0.4, 0.5) is 0 Å². The molecule has 0 N–H and O–H groups in total. The number of ether oxygens (including phenoxy) is 3. The predicted molar refractivity (Wildman–Crippen MR) is 218 cm³/mol. The van der Waals surface area contributed by atoms with Gasteiger partial charge in [-0.05, 0) is 0 Å². The van der Waals surface area contributed by atoms with Crippen molar-refractivity contribution in [2.75, 3.05) is 0 Å². The third-order valence-electron chi connectivity index (χ3n) is 10.8. The fourth-order valence-corrected chi connectivity index (χ4v) is 18.5. The fourth-order valence-electron chi connectivity index (χ4n) is 7.74. The molecule has 0 bridgehead atoms. The zero-order valence-electron chi connectivity index (χ0n) is 31.2. The van der Waals surface area contributed by atoms with Crippen molar-refractivity contribution in [2.45, 2.75) is 71.6 Å². The molecule has 260 valence electrons. The molecule has 3 heterocycles. The van der Waals surface area contributed by atoms with Gasteiger partial charge >= 0.3 is 319 Å². The summed E-state index contributed by atoms with van der Waals surface area (Å²) in [6.45, 7) is 18.8. The molecule has 9 rings (SSSR count). The molecule has 6 aromatic carbocycles. The standard InChI is InChI=1S/C47H44As2O3/c1-45(2,3)29-25-31-43(37(27-29)48-33-17-9-13-21-39(33)50-40-22-14-10-18-34(40)48)52-44-32(47(31,7)8)26-30(46(4,5)6)28-38(44)49-35-19-11-15-23-41(35)51-42-24-16-12-20-36(42)49/h9-28H,1-8H3. The van der Waals surface area contributed by atoms with Crippen LogP contribution >= 0.6 is 0 Å². The first-order chi connectivity index (χ1) is 24.8. The van der Waals surface area contributed by atoms with E-state index in [1.165, 1.54) is 48.4 Å². The van der Waals surface area contributed by atoms with Crippen molar-refractivity contribution in [1.29, 1.82) is 0 Å². The molecule has 3 nitrogen and oxygen atoms in total. The van der Waals surface area contributed by atoms with Crippen molar-refractivity contribution in [2.24, 2.45) is 0 Å². The molecule has 0 saturated heterocycles. The number of para-hydroxylation sites is 4. The topological polar surface area (TPSA) is 27.7 Å². The van der Waals surface area contributed by atoms with Crippen molar-refractivity contribution >= 4 is 55.4 Å². The molecule has 3 aliphatic rings. The van der Waals surface area contributed by atoms with E-state index in [1.807, 2.05) is 0 Å². The first-order valence-electron chi connectivity index (χ1n) is 18.2. The molecule has 3 aliphatic heterocycles. The van der Waals surface area contributed by atoms with E-state index in [2.05, 4.69) is 177 Å². The average Bonchev–Trinajstić information content (AvgIpc) is 3.11. The van der Waals surface area contributed by atoms with Gasteiger partial charge in [-0.2, -0.15) is 0 Å².